The summed E-state index contributed by atoms with van der Waals surface area (Å²) in [5, 5.41) is 34.9. The van der Waals surface area contributed by atoms with E-state index in [4.69, 9.17) is 32.8 Å². The number of hydrogen-bond donors (Lipinski definition) is 6. The minimum atomic E-state index is -0.587. The molecule has 0 aliphatic carbocycles. The number of nitrogens with zero attached hydrogens (tertiary/aromatic N) is 4. The number of amidine groups is 3. The van der Waals surface area contributed by atoms with Crippen molar-refractivity contribution in [1.82, 2.24) is 4.90 Å². The van der Waals surface area contributed by atoms with Crippen LogP contribution in [0, 0.1) is 0 Å². The molecule has 0 heterocycles. The second-order valence-electron chi connectivity index (χ2n) is 4.05. The molecule has 0 amide bonds. The molecule has 0 aliphatic rings. The topological polar surface area (TPSA) is 179 Å². The van der Waals surface area contributed by atoms with E-state index >= 15 is 0 Å². The fourth-order valence-electron chi connectivity index (χ4n) is 1.72. The lowest BCUT2D eigenvalue weighted by Crippen LogP contribution is -2.58. The SMILES string of the molecule is CC(C(N)=NO)N(C(C)C(N)=NO)C(C)C(N)=NO. The Morgan fingerprint density at radius 1 is 0.737 bits per heavy atom. The molecular weight excluding hydrogens is 254 g/mol. The summed E-state index contributed by atoms with van der Waals surface area (Å²) in [5.74, 6) is -0.263. The van der Waals surface area contributed by atoms with Crippen LogP contribution in [0.15, 0.2) is 15.5 Å². The number of oxime groups is 3. The van der Waals surface area contributed by atoms with Gasteiger partial charge in [-0.3, -0.25) is 4.90 Å². The largest absolute Gasteiger partial charge is 0.409 e. The van der Waals surface area contributed by atoms with Crippen molar-refractivity contribution in [1.29, 1.82) is 0 Å². The van der Waals surface area contributed by atoms with Crippen LogP contribution < -0.4 is 17.2 Å². The van der Waals surface area contributed by atoms with Crippen molar-refractivity contribution in [3.8, 4) is 0 Å². The molecule has 0 saturated heterocycles. The first-order chi connectivity index (χ1) is 8.81. The van der Waals surface area contributed by atoms with Gasteiger partial charge in [0.15, 0.2) is 17.5 Å². The highest BCUT2D eigenvalue weighted by molar-refractivity contribution is 5.91. The van der Waals surface area contributed by atoms with E-state index in [0.717, 1.165) is 0 Å². The van der Waals surface area contributed by atoms with E-state index in [0.29, 0.717) is 0 Å². The monoisotopic (exact) mass is 275 g/mol. The van der Waals surface area contributed by atoms with Gasteiger partial charge >= 0.3 is 0 Å². The molecule has 10 heteroatoms. The van der Waals surface area contributed by atoms with Gasteiger partial charge in [0, 0.05) is 0 Å². The quantitative estimate of drug-likeness (QED) is 0.151. The Morgan fingerprint density at radius 3 is 1.11 bits per heavy atom. The summed E-state index contributed by atoms with van der Waals surface area (Å²) in [5.41, 5.74) is 16.6. The van der Waals surface area contributed by atoms with Crippen molar-refractivity contribution in [2.45, 2.75) is 38.9 Å². The maximum Gasteiger partial charge on any atom is 0.156 e. The second kappa shape index (κ2) is 7.26. The van der Waals surface area contributed by atoms with Gasteiger partial charge in [0.1, 0.15) is 0 Å². The standard InChI is InChI=1S/C9H21N7O3/c1-4(7(10)13-17)16(5(2)8(11)14-18)6(3)9(12)15-19/h4-6,17-19H,1-3H3,(H2,10,13)(H2,11,14)(H2,12,15). The number of hydrogen-bond acceptors (Lipinski definition) is 7. The molecule has 10 nitrogen and oxygen atoms in total. The Labute approximate surface area is 110 Å². The minimum absolute atomic E-state index is 0.0878. The molecule has 0 aromatic rings. The van der Waals surface area contributed by atoms with Gasteiger partial charge < -0.3 is 32.8 Å². The second-order valence-corrected chi connectivity index (χ2v) is 4.05. The fraction of sp³-hybridized carbons (Fsp3) is 0.667. The Balaban J connectivity index is 5.49. The van der Waals surface area contributed by atoms with Crippen molar-refractivity contribution in [3.05, 3.63) is 0 Å². The molecule has 9 N–H and O–H groups in total. The van der Waals surface area contributed by atoms with E-state index in [-0.39, 0.29) is 17.5 Å². The van der Waals surface area contributed by atoms with Crippen LogP contribution in [0.25, 0.3) is 0 Å². The molecule has 0 saturated carbocycles. The minimum Gasteiger partial charge on any atom is -0.409 e. The van der Waals surface area contributed by atoms with Crippen molar-refractivity contribution in [3.63, 3.8) is 0 Å². The lowest BCUT2D eigenvalue weighted by atomic mass is 10.1. The van der Waals surface area contributed by atoms with Gasteiger partial charge in [-0.25, -0.2) is 0 Å². The van der Waals surface area contributed by atoms with Crippen LogP contribution in [-0.2, 0) is 0 Å². The zero-order valence-corrected chi connectivity index (χ0v) is 11.1. The van der Waals surface area contributed by atoms with Crippen LogP contribution >= 0.6 is 0 Å². The zero-order valence-electron chi connectivity index (χ0n) is 11.1. The van der Waals surface area contributed by atoms with Crippen LogP contribution in [0.1, 0.15) is 20.8 Å². The maximum atomic E-state index is 8.72. The van der Waals surface area contributed by atoms with Crippen LogP contribution in [0.3, 0.4) is 0 Å². The molecule has 0 spiro atoms. The van der Waals surface area contributed by atoms with E-state index in [1.54, 1.807) is 25.7 Å². The molecule has 0 aromatic carbocycles. The summed E-state index contributed by atoms with van der Waals surface area (Å²) in [6.07, 6.45) is 0. The van der Waals surface area contributed by atoms with Gasteiger partial charge in [0.25, 0.3) is 0 Å². The molecule has 0 aromatic heterocycles. The molecule has 0 fully saturated rings. The Kier molecular flexibility index (Phi) is 6.41. The van der Waals surface area contributed by atoms with Crippen molar-refractivity contribution in [2.24, 2.45) is 32.7 Å². The van der Waals surface area contributed by atoms with Gasteiger partial charge in [-0.1, -0.05) is 15.5 Å². The van der Waals surface area contributed by atoms with Crippen LogP contribution in [0.4, 0.5) is 0 Å². The van der Waals surface area contributed by atoms with Crippen molar-refractivity contribution >= 4 is 17.5 Å². The maximum absolute atomic E-state index is 8.72. The van der Waals surface area contributed by atoms with E-state index < -0.39 is 18.1 Å². The predicted molar refractivity (Wildman–Crippen MR) is 70.5 cm³/mol. The van der Waals surface area contributed by atoms with Gasteiger partial charge in [0.05, 0.1) is 18.1 Å². The summed E-state index contributed by atoms with van der Waals surface area (Å²) < 4.78 is 0. The molecular formula is C9H21N7O3. The average molecular weight is 275 g/mol. The molecule has 0 radical (unpaired) electrons. The van der Waals surface area contributed by atoms with Gasteiger partial charge in [-0.2, -0.15) is 0 Å². The Hall–Kier alpha value is -2.23. The van der Waals surface area contributed by atoms with Crippen LogP contribution in [0.2, 0.25) is 0 Å². The first-order valence-corrected chi connectivity index (χ1v) is 5.51. The normalized spacial score (nSPS) is 19.3. The van der Waals surface area contributed by atoms with E-state index in [9.17, 15) is 0 Å². The molecule has 0 rings (SSSR count). The van der Waals surface area contributed by atoms with E-state index in [1.165, 1.54) is 0 Å². The first kappa shape index (κ1) is 16.8. The fourth-order valence-corrected chi connectivity index (χ4v) is 1.72. The summed E-state index contributed by atoms with van der Waals surface area (Å²) in [7, 11) is 0. The summed E-state index contributed by atoms with van der Waals surface area (Å²) in [4.78, 5) is 1.57. The molecule has 110 valence electrons. The molecule has 0 aliphatic heterocycles. The molecule has 3 atom stereocenters. The van der Waals surface area contributed by atoms with Gasteiger partial charge in [-0.05, 0) is 20.8 Å². The average Bonchev–Trinajstić information content (AvgIpc) is 2.43. The van der Waals surface area contributed by atoms with E-state index in [2.05, 4.69) is 15.5 Å². The van der Waals surface area contributed by atoms with Crippen LogP contribution in [-0.4, -0.2) is 56.2 Å². The van der Waals surface area contributed by atoms with Gasteiger partial charge in [-0.15, -0.1) is 0 Å². The highest BCUT2D eigenvalue weighted by Gasteiger charge is 2.32. The molecule has 19 heavy (non-hydrogen) atoms. The summed E-state index contributed by atoms with van der Waals surface area (Å²) in [6, 6.07) is -1.76. The predicted octanol–water partition coefficient (Wildman–Crippen LogP) is -1.31. The smallest absolute Gasteiger partial charge is 0.156 e. The number of nitrogens with two attached hydrogens (primary N) is 3. The highest BCUT2D eigenvalue weighted by Crippen LogP contribution is 2.12. The lowest BCUT2D eigenvalue weighted by Gasteiger charge is -2.37. The van der Waals surface area contributed by atoms with Crippen molar-refractivity contribution < 1.29 is 15.6 Å². The molecule has 3 unspecified atom stereocenters. The zero-order chi connectivity index (χ0) is 15.2. The van der Waals surface area contributed by atoms with Crippen molar-refractivity contribution in [2.75, 3.05) is 0 Å². The van der Waals surface area contributed by atoms with Gasteiger partial charge in [0.2, 0.25) is 0 Å². The third kappa shape index (κ3) is 3.88. The Morgan fingerprint density at radius 2 is 0.947 bits per heavy atom. The third-order valence-corrected chi connectivity index (χ3v) is 2.97. The summed E-state index contributed by atoms with van der Waals surface area (Å²) in [6.45, 7) is 4.91. The first-order valence-electron chi connectivity index (χ1n) is 5.51. The lowest BCUT2D eigenvalue weighted by molar-refractivity contribution is 0.195. The highest BCUT2D eigenvalue weighted by atomic mass is 16.4. The molecule has 0 bridgehead atoms. The van der Waals surface area contributed by atoms with E-state index in [1.807, 2.05) is 0 Å². The Bertz CT molecular complexity index is 325. The third-order valence-electron chi connectivity index (χ3n) is 2.97. The number of rotatable bonds is 6. The van der Waals surface area contributed by atoms with Crippen LogP contribution in [0.5, 0.6) is 0 Å². The summed E-state index contributed by atoms with van der Waals surface area (Å²) >= 11 is 0.